The second-order valence-corrected chi connectivity index (χ2v) is 5.06. The number of hydrogen-bond acceptors (Lipinski definition) is 4. The van der Waals surface area contributed by atoms with Crippen molar-refractivity contribution < 1.29 is 9.72 Å². The number of benzene rings is 1. The molecule has 7 heteroatoms. The van der Waals surface area contributed by atoms with Gasteiger partial charge in [0.2, 0.25) is 5.91 Å². The van der Waals surface area contributed by atoms with E-state index in [1.807, 2.05) is 13.8 Å². The number of rotatable bonds is 6. The maximum Gasteiger partial charge on any atom is 0.276 e. The van der Waals surface area contributed by atoms with Gasteiger partial charge in [-0.3, -0.25) is 14.9 Å². The smallest absolute Gasteiger partial charge is 0.276 e. The summed E-state index contributed by atoms with van der Waals surface area (Å²) in [6, 6.07) is 8.13. The van der Waals surface area contributed by atoms with Crippen molar-refractivity contribution in [2.24, 2.45) is 0 Å². The molecule has 1 heterocycles. The number of para-hydroxylation sites is 1. The summed E-state index contributed by atoms with van der Waals surface area (Å²) in [4.78, 5) is 22.5. The van der Waals surface area contributed by atoms with E-state index < -0.39 is 4.92 Å². The Kier molecular flexibility index (Phi) is 5.24. The van der Waals surface area contributed by atoms with Gasteiger partial charge >= 0.3 is 0 Å². The number of hydrogen-bond donors (Lipinski definition) is 1. The quantitative estimate of drug-likeness (QED) is 0.502. The SMILES string of the molecule is CCC(C)n1nccc1NC(=O)/C=C/c1ccccc1[N+](=O)[O-]. The van der Waals surface area contributed by atoms with E-state index in [1.54, 1.807) is 35.1 Å². The third-order valence-corrected chi connectivity index (χ3v) is 3.48. The zero-order valence-corrected chi connectivity index (χ0v) is 13.0. The molecule has 1 aromatic carbocycles. The van der Waals surface area contributed by atoms with Crippen molar-refractivity contribution in [2.75, 3.05) is 5.32 Å². The summed E-state index contributed by atoms with van der Waals surface area (Å²) in [5.74, 6) is 0.227. The normalized spacial score (nSPS) is 12.3. The molecule has 1 N–H and O–H groups in total. The summed E-state index contributed by atoms with van der Waals surface area (Å²) < 4.78 is 1.73. The highest BCUT2D eigenvalue weighted by molar-refractivity contribution is 6.01. The summed E-state index contributed by atoms with van der Waals surface area (Å²) in [6.45, 7) is 4.04. The summed E-state index contributed by atoms with van der Waals surface area (Å²) >= 11 is 0. The number of aromatic nitrogens is 2. The van der Waals surface area contributed by atoms with Crippen LogP contribution in [0.3, 0.4) is 0 Å². The molecule has 1 amide bonds. The fourth-order valence-corrected chi connectivity index (χ4v) is 2.07. The van der Waals surface area contributed by atoms with Gasteiger partial charge in [-0.1, -0.05) is 19.1 Å². The molecule has 0 saturated carbocycles. The highest BCUT2D eigenvalue weighted by atomic mass is 16.6. The van der Waals surface area contributed by atoms with Crippen LogP contribution in [0.2, 0.25) is 0 Å². The highest BCUT2D eigenvalue weighted by Crippen LogP contribution is 2.19. The number of anilines is 1. The largest absolute Gasteiger partial charge is 0.307 e. The van der Waals surface area contributed by atoms with Crippen LogP contribution in [0.15, 0.2) is 42.6 Å². The van der Waals surface area contributed by atoms with E-state index in [-0.39, 0.29) is 17.6 Å². The first kappa shape index (κ1) is 16.4. The molecule has 0 aliphatic rings. The lowest BCUT2D eigenvalue weighted by molar-refractivity contribution is -0.385. The summed E-state index contributed by atoms with van der Waals surface area (Å²) in [6.07, 6.45) is 5.21. The van der Waals surface area contributed by atoms with E-state index >= 15 is 0 Å². The molecule has 1 atom stereocenters. The molecule has 1 aromatic heterocycles. The van der Waals surface area contributed by atoms with E-state index in [9.17, 15) is 14.9 Å². The van der Waals surface area contributed by atoms with Crippen LogP contribution in [-0.2, 0) is 4.79 Å². The van der Waals surface area contributed by atoms with Crippen LogP contribution in [0.5, 0.6) is 0 Å². The zero-order valence-electron chi connectivity index (χ0n) is 13.0. The van der Waals surface area contributed by atoms with Crippen LogP contribution >= 0.6 is 0 Å². The first-order valence-electron chi connectivity index (χ1n) is 7.29. The number of nitrogens with one attached hydrogen (secondary N) is 1. The fourth-order valence-electron chi connectivity index (χ4n) is 2.07. The molecule has 0 spiro atoms. The lowest BCUT2D eigenvalue weighted by Gasteiger charge is -2.13. The second kappa shape index (κ2) is 7.35. The molecule has 0 aliphatic carbocycles. The minimum absolute atomic E-state index is 0.0406. The van der Waals surface area contributed by atoms with Crippen LogP contribution < -0.4 is 5.32 Å². The molecular formula is C16H18N4O3. The Morgan fingerprint density at radius 3 is 2.87 bits per heavy atom. The lowest BCUT2D eigenvalue weighted by Crippen LogP contribution is -2.15. The van der Waals surface area contributed by atoms with Gasteiger partial charge in [-0.15, -0.1) is 0 Å². The summed E-state index contributed by atoms with van der Waals surface area (Å²) in [5.41, 5.74) is 0.337. The molecule has 0 radical (unpaired) electrons. The monoisotopic (exact) mass is 314 g/mol. The van der Waals surface area contributed by atoms with E-state index in [0.29, 0.717) is 11.4 Å². The molecule has 0 fully saturated rings. The summed E-state index contributed by atoms with van der Waals surface area (Å²) in [7, 11) is 0. The Bertz CT molecular complexity index is 736. The Morgan fingerprint density at radius 2 is 2.17 bits per heavy atom. The number of carbonyl (C=O) groups excluding carboxylic acids is 1. The number of nitrogens with zero attached hydrogens (tertiary/aromatic N) is 3. The predicted molar refractivity (Wildman–Crippen MR) is 88.0 cm³/mol. The van der Waals surface area contributed by atoms with Crippen molar-refractivity contribution >= 4 is 23.5 Å². The van der Waals surface area contributed by atoms with E-state index in [4.69, 9.17) is 0 Å². The number of nitro groups is 1. The van der Waals surface area contributed by atoms with Crippen LogP contribution in [0, 0.1) is 10.1 Å². The van der Waals surface area contributed by atoms with E-state index in [0.717, 1.165) is 6.42 Å². The van der Waals surface area contributed by atoms with Gasteiger partial charge in [-0.05, 0) is 25.5 Å². The van der Waals surface area contributed by atoms with E-state index in [2.05, 4.69) is 10.4 Å². The Balaban J connectivity index is 2.12. The molecule has 2 rings (SSSR count). The Hall–Kier alpha value is -2.96. The number of carbonyl (C=O) groups is 1. The average Bonchev–Trinajstić information content (AvgIpc) is 3.00. The lowest BCUT2D eigenvalue weighted by atomic mass is 10.1. The molecule has 1 unspecified atom stereocenters. The van der Waals surface area contributed by atoms with Gasteiger partial charge in [0.1, 0.15) is 5.82 Å². The van der Waals surface area contributed by atoms with Gasteiger partial charge in [0, 0.05) is 18.2 Å². The third-order valence-electron chi connectivity index (χ3n) is 3.48. The van der Waals surface area contributed by atoms with Crippen molar-refractivity contribution in [3.8, 4) is 0 Å². The predicted octanol–water partition coefficient (Wildman–Crippen LogP) is 3.41. The van der Waals surface area contributed by atoms with Gasteiger partial charge in [-0.2, -0.15) is 5.10 Å². The maximum atomic E-state index is 12.0. The molecular weight excluding hydrogens is 296 g/mol. The number of amides is 1. The van der Waals surface area contributed by atoms with Crippen molar-refractivity contribution in [3.63, 3.8) is 0 Å². The highest BCUT2D eigenvalue weighted by Gasteiger charge is 2.11. The van der Waals surface area contributed by atoms with Gasteiger partial charge in [-0.25, -0.2) is 4.68 Å². The first-order valence-corrected chi connectivity index (χ1v) is 7.29. The minimum Gasteiger partial charge on any atom is -0.307 e. The number of nitro benzene ring substituents is 1. The van der Waals surface area contributed by atoms with Crippen molar-refractivity contribution in [1.82, 2.24) is 9.78 Å². The van der Waals surface area contributed by atoms with Crippen LogP contribution in [-0.4, -0.2) is 20.6 Å². The maximum absolute atomic E-state index is 12.0. The van der Waals surface area contributed by atoms with Gasteiger partial charge < -0.3 is 5.32 Å². The second-order valence-electron chi connectivity index (χ2n) is 5.06. The standard InChI is InChI=1S/C16H18N4O3/c1-3-12(2)19-15(10-11-17-19)18-16(21)9-8-13-6-4-5-7-14(13)20(22)23/h4-12H,3H2,1-2H3,(H,18,21)/b9-8+. The molecule has 0 bridgehead atoms. The molecule has 120 valence electrons. The Labute approximate surface area is 133 Å². The van der Waals surface area contributed by atoms with E-state index in [1.165, 1.54) is 18.2 Å². The molecule has 0 saturated heterocycles. The van der Waals surface area contributed by atoms with Gasteiger partial charge in [0.25, 0.3) is 5.69 Å². The minimum atomic E-state index is -0.477. The van der Waals surface area contributed by atoms with Crippen molar-refractivity contribution in [2.45, 2.75) is 26.3 Å². The van der Waals surface area contributed by atoms with Crippen LogP contribution in [0.1, 0.15) is 31.9 Å². The fraction of sp³-hybridized carbons (Fsp3) is 0.250. The van der Waals surface area contributed by atoms with Crippen molar-refractivity contribution in [3.05, 3.63) is 58.3 Å². The molecule has 2 aromatic rings. The van der Waals surface area contributed by atoms with Gasteiger partial charge in [0.05, 0.1) is 22.7 Å². The van der Waals surface area contributed by atoms with Crippen molar-refractivity contribution in [1.29, 1.82) is 0 Å². The third kappa shape index (κ3) is 4.03. The zero-order chi connectivity index (χ0) is 16.8. The Morgan fingerprint density at radius 1 is 1.43 bits per heavy atom. The van der Waals surface area contributed by atoms with Crippen LogP contribution in [0.25, 0.3) is 6.08 Å². The molecule has 0 aliphatic heterocycles. The topological polar surface area (TPSA) is 90.1 Å². The van der Waals surface area contributed by atoms with Crippen LogP contribution in [0.4, 0.5) is 11.5 Å². The molecule has 7 nitrogen and oxygen atoms in total. The first-order chi connectivity index (χ1) is 11.0. The molecule has 23 heavy (non-hydrogen) atoms. The van der Waals surface area contributed by atoms with Gasteiger partial charge in [0.15, 0.2) is 0 Å². The summed E-state index contributed by atoms with van der Waals surface area (Å²) in [5, 5.41) is 17.8. The average molecular weight is 314 g/mol.